The number of carbonyl (C=O) groups is 2. The Kier molecular flexibility index (Phi) is 2.79. The summed E-state index contributed by atoms with van der Waals surface area (Å²) in [6.45, 7) is 4.23. The van der Waals surface area contributed by atoms with Crippen LogP contribution in [0.15, 0.2) is 24.1 Å². The average molecular weight is 279 g/mol. The molecule has 1 aromatic rings. The van der Waals surface area contributed by atoms with Crippen LogP contribution in [0, 0.1) is 0 Å². The monoisotopic (exact) mass is 279 g/mol. The van der Waals surface area contributed by atoms with Crippen molar-refractivity contribution in [2.24, 2.45) is 5.73 Å². The SMILES string of the molecule is C=CCON1C(=O)N2C[C@H]1c1ccsc1[C@H]2C(N)=O. The van der Waals surface area contributed by atoms with E-state index in [1.165, 1.54) is 21.3 Å². The van der Waals surface area contributed by atoms with Gasteiger partial charge in [-0.05, 0) is 17.0 Å². The van der Waals surface area contributed by atoms with E-state index in [0.29, 0.717) is 6.54 Å². The summed E-state index contributed by atoms with van der Waals surface area (Å²) < 4.78 is 0. The molecule has 3 heterocycles. The molecule has 2 N–H and O–H groups in total. The lowest BCUT2D eigenvalue weighted by atomic mass is 9.99. The standard InChI is InChI=1S/C12H13N3O3S/c1-2-4-18-15-8-6-14(12(15)17)9(11(13)16)10-7(8)3-5-19-10/h2-3,5,8-9H,1,4,6H2,(H2,13,16)/t8-,9-/m0/s1. The summed E-state index contributed by atoms with van der Waals surface area (Å²) in [5.74, 6) is -0.513. The first-order chi connectivity index (χ1) is 9.15. The number of fused-ring (bicyclic) bond motifs is 4. The van der Waals surface area contributed by atoms with Gasteiger partial charge in [-0.3, -0.25) is 9.63 Å². The number of urea groups is 1. The summed E-state index contributed by atoms with van der Waals surface area (Å²) in [5, 5.41) is 3.22. The molecule has 0 spiro atoms. The molecule has 1 fully saturated rings. The summed E-state index contributed by atoms with van der Waals surface area (Å²) in [5.41, 5.74) is 6.38. The van der Waals surface area contributed by atoms with E-state index >= 15 is 0 Å². The van der Waals surface area contributed by atoms with Gasteiger partial charge in [0.1, 0.15) is 12.1 Å². The molecular formula is C12H13N3O3S. The van der Waals surface area contributed by atoms with E-state index in [0.717, 1.165) is 10.4 Å². The van der Waals surface area contributed by atoms with Gasteiger partial charge in [-0.2, -0.15) is 5.06 Å². The highest BCUT2D eigenvalue weighted by atomic mass is 32.1. The van der Waals surface area contributed by atoms with Crippen LogP contribution in [0.3, 0.4) is 0 Å². The van der Waals surface area contributed by atoms with E-state index in [1.54, 1.807) is 6.08 Å². The van der Waals surface area contributed by atoms with Gasteiger partial charge in [0, 0.05) is 4.88 Å². The Labute approximate surface area is 114 Å². The molecule has 2 bridgehead atoms. The predicted octanol–water partition coefficient (Wildman–Crippen LogP) is 1.18. The van der Waals surface area contributed by atoms with E-state index in [1.807, 2.05) is 11.4 Å². The lowest BCUT2D eigenvalue weighted by Gasteiger charge is -2.28. The van der Waals surface area contributed by atoms with Crippen LogP contribution in [0.5, 0.6) is 0 Å². The minimum Gasteiger partial charge on any atom is -0.368 e. The van der Waals surface area contributed by atoms with Gasteiger partial charge < -0.3 is 10.6 Å². The third-order valence-electron chi connectivity index (χ3n) is 3.33. The number of nitrogens with zero attached hydrogens (tertiary/aromatic N) is 2. The summed E-state index contributed by atoms with van der Waals surface area (Å²) in [7, 11) is 0. The van der Waals surface area contributed by atoms with Crippen molar-refractivity contribution in [3.8, 4) is 0 Å². The van der Waals surface area contributed by atoms with Crippen LogP contribution in [0.2, 0.25) is 0 Å². The smallest absolute Gasteiger partial charge is 0.345 e. The highest BCUT2D eigenvalue weighted by Gasteiger charge is 2.50. The fourth-order valence-corrected chi connectivity index (χ4v) is 3.64. The lowest BCUT2D eigenvalue weighted by molar-refractivity contribution is -0.122. The molecule has 3 rings (SSSR count). The maximum absolute atomic E-state index is 12.3. The first-order valence-electron chi connectivity index (χ1n) is 5.85. The molecule has 7 heteroatoms. The molecule has 0 aliphatic carbocycles. The minimum atomic E-state index is -0.684. The largest absolute Gasteiger partial charge is 0.368 e. The molecule has 0 radical (unpaired) electrons. The summed E-state index contributed by atoms with van der Waals surface area (Å²) in [4.78, 5) is 31.6. The third kappa shape index (κ3) is 1.66. The molecule has 2 atom stereocenters. The Morgan fingerprint density at radius 3 is 3.16 bits per heavy atom. The van der Waals surface area contributed by atoms with Crippen LogP contribution < -0.4 is 5.73 Å². The second-order valence-electron chi connectivity index (χ2n) is 4.41. The van der Waals surface area contributed by atoms with Crippen molar-refractivity contribution in [2.45, 2.75) is 12.1 Å². The maximum Gasteiger partial charge on any atom is 0.345 e. The number of amides is 3. The molecule has 3 amide bonds. The fraction of sp³-hybridized carbons (Fsp3) is 0.333. The first kappa shape index (κ1) is 12.2. The van der Waals surface area contributed by atoms with Crippen LogP contribution in [0.4, 0.5) is 4.79 Å². The van der Waals surface area contributed by atoms with Crippen molar-refractivity contribution in [1.82, 2.24) is 9.96 Å². The third-order valence-corrected chi connectivity index (χ3v) is 4.32. The van der Waals surface area contributed by atoms with E-state index in [4.69, 9.17) is 10.6 Å². The Bertz CT molecular complexity index is 556. The van der Waals surface area contributed by atoms with Gasteiger partial charge in [0.15, 0.2) is 0 Å². The summed E-state index contributed by atoms with van der Waals surface area (Å²) >= 11 is 1.44. The van der Waals surface area contributed by atoms with Crippen LogP contribution in [0.25, 0.3) is 0 Å². The van der Waals surface area contributed by atoms with Crippen LogP contribution in [0.1, 0.15) is 22.5 Å². The van der Waals surface area contributed by atoms with Crippen molar-refractivity contribution in [1.29, 1.82) is 0 Å². The van der Waals surface area contributed by atoms with Crippen LogP contribution >= 0.6 is 11.3 Å². The Morgan fingerprint density at radius 2 is 2.47 bits per heavy atom. The number of carbonyl (C=O) groups excluding carboxylic acids is 2. The topological polar surface area (TPSA) is 75.9 Å². The van der Waals surface area contributed by atoms with Gasteiger partial charge in [-0.1, -0.05) is 6.08 Å². The van der Waals surface area contributed by atoms with E-state index in [-0.39, 0.29) is 18.7 Å². The van der Waals surface area contributed by atoms with Gasteiger partial charge in [-0.25, -0.2) is 4.79 Å². The molecular weight excluding hydrogens is 266 g/mol. The highest BCUT2D eigenvalue weighted by Crippen LogP contribution is 2.45. The second-order valence-corrected chi connectivity index (χ2v) is 5.35. The van der Waals surface area contributed by atoms with Gasteiger partial charge in [0.05, 0.1) is 13.2 Å². The second kappa shape index (κ2) is 4.36. The van der Waals surface area contributed by atoms with Gasteiger partial charge in [0.25, 0.3) is 0 Å². The molecule has 1 saturated heterocycles. The minimum absolute atomic E-state index is 0.177. The molecule has 2 aliphatic heterocycles. The van der Waals surface area contributed by atoms with Gasteiger partial charge >= 0.3 is 6.03 Å². The summed E-state index contributed by atoms with van der Waals surface area (Å²) in [6.07, 6.45) is 1.57. The van der Waals surface area contributed by atoms with Crippen molar-refractivity contribution in [3.05, 3.63) is 34.5 Å². The number of nitrogens with two attached hydrogens (primary N) is 1. The van der Waals surface area contributed by atoms with Crippen molar-refractivity contribution in [2.75, 3.05) is 13.2 Å². The molecule has 19 heavy (non-hydrogen) atoms. The zero-order valence-corrected chi connectivity index (χ0v) is 10.9. The Morgan fingerprint density at radius 1 is 1.68 bits per heavy atom. The van der Waals surface area contributed by atoms with Crippen LogP contribution in [-0.2, 0) is 9.63 Å². The van der Waals surface area contributed by atoms with Crippen molar-refractivity contribution < 1.29 is 14.4 Å². The van der Waals surface area contributed by atoms with E-state index < -0.39 is 11.9 Å². The molecule has 6 nitrogen and oxygen atoms in total. The number of hydrogen-bond acceptors (Lipinski definition) is 4. The molecule has 2 aliphatic rings. The number of thiophene rings is 1. The Hall–Kier alpha value is -1.86. The first-order valence-corrected chi connectivity index (χ1v) is 6.73. The summed E-state index contributed by atoms with van der Waals surface area (Å²) in [6, 6.07) is 0.736. The lowest BCUT2D eigenvalue weighted by Crippen LogP contribution is -2.40. The average Bonchev–Trinajstić information content (AvgIpc) is 2.94. The quantitative estimate of drug-likeness (QED) is 0.841. The van der Waals surface area contributed by atoms with E-state index in [9.17, 15) is 9.59 Å². The number of rotatable bonds is 4. The predicted molar refractivity (Wildman–Crippen MR) is 69.1 cm³/mol. The van der Waals surface area contributed by atoms with Crippen LogP contribution in [-0.4, -0.2) is 35.1 Å². The van der Waals surface area contributed by atoms with Gasteiger partial charge in [-0.15, -0.1) is 17.9 Å². The molecule has 0 unspecified atom stereocenters. The fourth-order valence-electron chi connectivity index (χ4n) is 2.57. The Balaban J connectivity index is 2.02. The zero-order valence-electron chi connectivity index (χ0n) is 10.1. The number of hydroxylamine groups is 2. The van der Waals surface area contributed by atoms with E-state index in [2.05, 4.69) is 6.58 Å². The van der Waals surface area contributed by atoms with Gasteiger partial charge in [0.2, 0.25) is 5.91 Å². The van der Waals surface area contributed by atoms with Crippen molar-refractivity contribution in [3.63, 3.8) is 0 Å². The number of primary amides is 1. The zero-order chi connectivity index (χ0) is 13.6. The number of hydrogen-bond donors (Lipinski definition) is 1. The highest BCUT2D eigenvalue weighted by molar-refractivity contribution is 7.10. The molecule has 0 aromatic carbocycles. The van der Waals surface area contributed by atoms with Crippen molar-refractivity contribution >= 4 is 23.3 Å². The molecule has 100 valence electrons. The normalized spacial score (nSPS) is 24.5. The molecule has 0 saturated carbocycles. The maximum atomic E-state index is 12.3. The molecule has 1 aromatic heterocycles.